The standard InChI is InChI=1S/C22H19N3O5/c1-14-2-4-15(5-3-14)22(19-13-18(25(29)30)7-9-21(19)26)23-11-10-16-12-17(24(27)28)6-8-20(16)23/h2-9,12-13,22,26H,10-11H2,1H3. The van der Waals surface area contributed by atoms with Crippen molar-refractivity contribution in [2.24, 2.45) is 0 Å². The van der Waals surface area contributed by atoms with Crippen LogP contribution in [0.15, 0.2) is 60.7 Å². The number of aryl methyl sites for hydroxylation is 1. The van der Waals surface area contributed by atoms with E-state index in [-0.39, 0.29) is 17.1 Å². The maximum Gasteiger partial charge on any atom is 0.270 e. The molecule has 152 valence electrons. The monoisotopic (exact) mass is 405 g/mol. The minimum Gasteiger partial charge on any atom is -0.508 e. The molecule has 3 aromatic rings. The number of nitro groups is 2. The van der Waals surface area contributed by atoms with Gasteiger partial charge in [-0.1, -0.05) is 29.8 Å². The number of phenols is 1. The van der Waals surface area contributed by atoms with Crippen LogP contribution in [-0.4, -0.2) is 21.5 Å². The third kappa shape index (κ3) is 3.43. The summed E-state index contributed by atoms with van der Waals surface area (Å²) in [5.41, 5.74) is 3.92. The van der Waals surface area contributed by atoms with Crippen LogP contribution in [0.3, 0.4) is 0 Å². The van der Waals surface area contributed by atoms with Gasteiger partial charge in [-0.2, -0.15) is 0 Å². The van der Waals surface area contributed by atoms with E-state index in [1.165, 1.54) is 24.3 Å². The quantitative estimate of drug-likeness (QED) is 0.488. The Hall–Kier alpha value is -3.94. The number of rotatable bonds is 5. The number of hydrogen-bond donors (Lipinski definition) is 1. The SMILES string of the molecule is Cc1ccc(C(c2cc([N+](=O)[O-])ccc2O)N2CCc3cc([N+](=O)[O-])ccc32)cc1. The summed E-state index contributed by atoms with van der Waals surface area (Å²) in [5.74, 6) is -0.0402. The highest BCUT2D eigenvalue weighted by Gasteiger charge is 2.32. The molecular formula is C22H19N3O5. The predicted molar refractivity (Wildman–Crippen MR) is 112 cm³/mol. The molecule has 30 heavy (non-hydrogen) atoms. The Morgan fingerprint density at radius 2 is 1.57 bits per heavy atom. The van der Waals surface area contributed by atoms with Crippen molar-refractivity contribution in [3.63, 3.8) is 0 Å². The molecule has 1 N–H and O–H groups in total. The average molecular weight is 405 g/mol. The topological polar surface area (TPSA) is 110 Å². The van der Waals surface area contributed by atoms with E-state index in [1.54, 1.807) is 12.1 Å². The van der Waals surface area contributed by atoms with Crippen molar-refractivity contribution in [3.8, 4) is 5.75 Å². The summed E-state index contributed by atoms with van der Waals surface area (Å²) in [6, 6.07) is 16.0. The molecule has 0 saturated heterocycles. The van der Waals surface area contributed by atoms with Gasteiger partial charge in [0.15, 0.2) is 0 Å². The van der Waals surface area contributed by atoms with Crippen LogP contribution >= 0.6 is 0 Å². The Labute approximate surface area is 172 Å². The first-order valence-electron chi connectivity index (χ1n) is 9.43. The minimum absolute atomic E-state index is 0.0284. The van der Waals surface area contributed by atoms with Gasteiger partial charge in [-0.25, -0.2) is 0 Å². The number of fused-ring (bicyclic) bond motifs is 1. The van der Waals surface area contributed by atoms with Crippen molar-refractivity contribution in [2.75, 3.05) is 11.4 Å². The van der Waals surface area contributed by atoms with Gasteiger partial charge in [0, 0.05) is 42.1 Å². The van der Waals surface area contributed by atoms with Gasteiger partial charge >= 0.3 is 0 Å². The van der Waals surface area contributed by atoms with Crippen molar-refractivity contribution >= 4 is 17.1 Å². The van der Waals surface area contributed by atoms with E-state index in [0.717, 1.165) is 22.4 Å². The van der Waals surface area contributed by atoms with E-state index < -0.39 is 15.9 Å². The summed E-state index contributed by atoms with van der Waals surface area (Å²) in [4.78, 5) is 23.6. The van der Waals surface area contributed by atoms with Crippen LogP contribution < -0.4 is 4.90 Å². The van der Waals surface area contributed by atoms with Gasteiger partial charge < -0.3 is 10.0 Å². The number of hydrogen-bond acceptors (Lipinski definition) is 6. The molecule has 0 aromatic heterocycles. The fraction of sp³-hybridized carbons (Fsp3) is 0.182. The van der Waals surface area contributed by atoms with Gasteiger partial charge in [0.25, 0.3) is 11.4 Å². The lowest BCUT2D eigenvalue weighted by molar-refractivity contribution is -0.385. The number of aromatic hydroxyl groups is 1. The summed E-state index contributed by atoms with van der Waals surface area (Å²) >= 11 is 0. The predicted octanol–water partition coefficient (Wildman–Crippen LogP) is 4.67. The zero-order valence-corrected chi connectivity index (χ0v) is 16.2. The lowest BCUT2D eigenvalue weighted by Gasteiger charge is -2.31. The molecule has 0 spiro atoms. The van der Waals surface area contributed by atoms with Gasteiger partial charge in [-0.3, -0.25) is 20.2 Å². The van der Waals surface area contributed by atoms with Crippen LogP contribution in [0, 0.1) is 27.2 Å². The fourth-order valence-corrected chi connectivity index (χ4v) is 3.95. The van der Waals surface area contributed by atoms with Crippen molar-refractivity contribution in [3.05, 3.63) is 103 Å². The summed E-state index contributed by atoms with van der Waals surface area (Å²) in [7, 11) is 0. The molecule has 0 bridgehead atoms. The Kier molecular flexibility index (Phi) is 4.83. The number of anilines is 1. The number of nitro benzene ring substituents is 2. The lowest BCUT2D eigenvalue weighted by Crippen LogP contribution is -2.28. The molecule has 0 amide bonds. The highest BCUT2D eigenvalue weighted by atomic mass is 16.6. The molecule has 0 fully saturated rings. The highest BCUT2D eigenvalue weighted by molar-refractivity contribution is 5.65. The van der Waals surface area contributed by atoms with Gasteiger partial charge in [-0.05, 0) is 36.6 Å². The normalized spacial score (nSPS) is 13.7. The van der Waals surface area contributed by atoms with E-state index in [1.807, 2.05) is 36.1 Å². The van der Waals surface area contributed by atoms with Crippen molar-refractivity contribution in [1.82, 2.24) is 0 Å². The molecule has 8 heteroatoms. The second-order valence-electron chi connectivity index (χ2n) is 7.33. The molecule has 1 heterocycles. The number of nitrogens with zero attached hydrogens (tertiary/aromatic N) is 3. The molecule has 1 atom stereocenters. The summed E-state index contributed by atoms with van der Waals surface area (Å²) in [5, 5.41) is 33.1. The number of phenolic OH excluding ortho intramolecular Hbond substituents is 1. The molecule has 1 aliphatic heterocycles. The first kappa shape index (κ1) is 19.4. The molecule has 0 saturated carbocycles. The van der Waals surface area contributed by atoms with Gasteiger partial charge in [0.2, 0.25) is 0 Å². The molecule has 8 nitrogen and oxygen atoms in total. The third-order valence-corrected chi connectivity index (χ3v) is 5.43. The van der Waals surface area contributed by atoms with E-state index in [2.05, 4.69) is 0 Å². The van der Waals surface area contributed by atoms with Crippen molar-refractivity contribution < 1.29 is 15.0 Å². The molecule has 3 aromatic carbocycles. The second kappa shape index (κ2) is 7.47. The zero-order chi connectivity index (χ0) is 21.4. The molecule has 0 aliphatic carbocycles. The number of benzene rings is 3. The molecule has 4 rings (SSSR count). The van der Waals surface area contributed by atoms with Gasteiger partial charge in [-0.15, -0.1) is 0 Å². The summed E-state index contributed by atoms with van der Waals surface area (Å²) in [6.07, 6.45) is 0.606. The van der Waals surface area contributed by atoms with E-state index in [9.17, 15) is 25.3 Å². The molecule has 1 aliphatic rings. The first-order valence-corrected chi connectivity index (χ1v) is 9.43. The lowest BCUT2D eigenvalue weighted by atomic mass is 9.95. The smallest absolute Gasteiger partial charge is 0.270 e. The van der Waals surface area contributed by atoms with E-state index in [4.69, 9.17) is 0 Å². The van der Waals surface area contributed by atoms with Crippen LogP contribution in [0.1, 0.15) is 28.3 Å². The Morgan fingerprint density at radius 1 is 0.933 bits per heavy atom. The van der Waals surface area contributed by atoms with Crippen molar-refractivity contribution in [1.29, 1.82) is 0 Å². The largest absolute Gasteiger partial charge is 0.508 e. The molecular weight excluding hydrogens is 386 g/mol. The maximum atomic E-state index is 11.3. The van der Waals surface area contributed by atoms with Gasteiger partial charge in [0.1, 0.15) is 5.75 Å². The molecule has 0 radical (unpaired) electrons. The van der Waals surface area contributed by atoms with Crippen LogP contribution in [0.25, 0.3) is 0 Å². The first-order chi connectivity index (χ1) is 14.3. The Balaban J connectivity index is 1.87. The fourth-order valence-electron chi connectivity index (χ4n) is 3.95. The van der Waals surface area contributed by atoms with Crippen LogP contribution in [-0.2, 0) is 6.42 Å². The summed E-state index contributed by atoms with van der Waals surface area (Å²) < 4.78 is 0. The van der Waals surface area contributed by atoms with Crippen molar-refractivity contribution in [2.45, 2.75) is 19.4 Å². The second-order valence-corrected chi connectivity index (χ2v) is 7.33. The zero-order valence-electron chi connectivity index (χ0n) is 16.2. The maximum absolute atomic E-state index is 11.3. The minimum atomic E-state index is -0.490. The molecule has 1 unspecified atom stereocenters. The number of non-ortho nitro benzene ring substituents is 2. The highest BCUT2D eigenvalue weighted by Crippen LogP contribution is 2.43. The van der Waals surface area contributed by atoms with Crippen LogP contribution in [0.2, 0.25) is 0 Å². The van der Waals surface area contributed by atoms with Crippen LogP contribution in [0.5, 0.6) is 5.75 Å². The third-order valence-electron chi connectivity index (χ3n) is 5.43. The van der Waals surface area contributed by atoms with E-state index in [0.29, 0.717) is 18.5 Å². The Morgan fingerprint density at radius 3 is 2.23 bits per heavy atom. The van der Waals surface area contributed by atoms with Gasteiger partial charge in [0.05, 0.1) is 15.9 Å². The average Bonchev–Trinajstić information content (AvgIpc) is 3.13. The van der Waals surface area contributed by atoms with Crippen LogP contribution in [0.4, 0.5) is 17.1 Å². The summed E-state index contributed by atoms with van der Waals surface area (Å²) in [6.45, 7) is 2.53. The van der Waals surface area contributed by atoms with E-state index >= 15 is 0 Å². The Bertz CT molecular complexity index is 1140.